The molecule has 2 N–H and O–H groups in total. The van der Waals surface area contributed by atoms with Crippen molar-refractivity contribution in [1.29, 1.82) is 5.26 Å². The summed E-state index contributed by atoms with van der Waals surface area (Å²) >= 11 is 3.49. The monoisotopic (exact) mass is 420 g/mol. The second kappa shape index (κ2) is 7.05. The van der Waals surface area contributed by atoms with Crippen molar-refractivity contribution in [2.75, 3.05) is 0 Å². The predicted octanol–water partition coefficient (Wildman–Crippen LogP) is 4.66. The third-order valence-corrected chi connectivity index (χ3v) is 5.61. The molecule has 4 rings (SSSR count). The zero-order valence-electron chi connectivity index (χ0n) is 14.5. The summed E-state index contributed by atoms with van der Waals surface area (Å²) in [5, 5.41) is 9.62. The summed E-state index contributed by atoms with van der Waals surface area (Å²) in [5.74, 6) is 0.252. The quantitative estimate of drug-likeness (QED) is 0.766. The molecule has 0 amide bonds. The number of ether oxygens (including phenoxy) is 1. The molecule has 0 spiro atoms. The summed E-state index contributed by atoms with van der Waals surface area (Å²) < 4.78 is 6.76. The normalized spacial score (nSPS) is 22.1. The molecule has 2 atom stereocenters. The maximum atomic E-state index is 13.1. The number of nitrogens with two attached hydrogens (primary N) is 1. The second-order valence-electron chi connectivity index (χ2n) is 6.76. The van der Waals surface area contributed by atoms with Gasteiger partial charge in [-0.3, -0.25) is 4.79 Å². The van der Waals surface area contributed by atoms with Crippen LogP contribution in [0.15, 0.2) is 81.9 Å². The predicted molar refractivity (Wildman–Crippen MR) is 105 cm³/mol. The van der Waals surface area contributed by atoms with E-state index < -0.39 is 5.92 Å². The lowest BCUT2D eigenvalue weighted by molar-refractivity contribution is -0.117. The lowest BCUT2D eigenvalue weighted by atomic mass is 9.74. The molecule has 0 saturated carbocycles. The number of carbonyl (C=O) groups is 1. The highest BCUT2D eigenvalue weighted by atomic mass is 79.9. The topological polar surface area (TPSA) is 76.1 Å². The molecule has 0 aromatic heterocycles. The van der Waals surface area contributed by atoms with Crippen LogP contribution in [0.4, 0.5) is 0 Å². The minimum Gasteiger partial charge on any atom is -0.444 e. The molecule has 2 aliphatic rings. The summed E-state index contributed by atoms with van der Waals surface area (Å²) in [7, 11) is 0. The number of carbonyl (C=O) groups excluding carboxylic acids is 1. The molecule has 2 aromatic carbocycles. The number of allylic oxidation sites excluding steroid dienone is 3. The molecule has 0 saturated heterocycles. The van der Waals surface area contributed by atoms with Gasteiger partial charge in [-0.2, -0.15) is 5.26 Å². The van der Waals surface area contributed by atoms with Crippen LogP contribution in [0, 0.1) is 11.3 Å². The molecule has 0 unspecified atom stereocenters. The van der Waals surface area contributed by atoms with Crippen molar-refractivity contribution in [3.05, 3.63) is 93.0 Å². The first-order valence-corrected chi connectivity index (χ1v) is 9.52. The maximum Gasteiger partial charge on any atom is 0.205 e. The molecule has 4 nitrogen and oxygen atoms in total. The molecular formula is C22H17BrN2O2. The molecule has 1 aliphatic heterocycles. The highest BCUT2D eigenvalue weighted by molar-refractivity contribution is 9.10. The molecule has 0 fully saturated rings. The van der Waals surface area contributed by atoms with Gasteiger partial charge in [0.2, 0.25) is 5.88 Å². The summed E-state index contributed by atoms with van der Waals surface area (Å²) in [6, 6.07) is 19.6. The Bertz CT molecular complexity index is 1020. The Hall–Kier alpha value is -2.84. The van der Waals surface area contributed by atoms with Gasteiger partial charge in [-0.15, -0.1) is 0 Å². The van der Waals surface area contributed by atoms with Gasteiger partial charge in [0.05, 0.1) is 5.92 Å². The second-order valence-corrected chi connectivity index (χ2v) is 7.67. The lowest BCUT2D eigenvalue weighted by Crippen LogP contribution is -2.29. The maximum absolute atomic E-state index is 13.1. The third-order valence-electron chi connectivity index (χ3n) is 5.11. The Kier molecular flexibility index (Phi) is 4.59. The van der Waals surface area contributed by atoms with E-state index in [1.165, 1.54) is 0 Å². The fourth-order valence-electron chi connectivity index (χ4n) is 3.88. The van der Waals surface area contributed by atoms with Crippen molar-refractivity contribution in [2.24, 2.45) is 5.73 Å². The van der Waals surface area contributed by atoms with Gasteiger partial charge in [0.25, 0.3) is 0 Å². The van der Waals surface area contributed by atoms with Crippen LogP contribution >= 0.6 is 15.9 Å². The summed E-state index contributed by atoms with van der Waals surface area (Å²) in [6.07, 6.45) is 0.973. The van der Waals surface area contributed by atoms with Crippen LogP contribution < -0.4 is 5.73 Å². The van der Waals surface area contributed by atoms with Crippen LogP contribution in [0.2, 0.25) is 0 Å². The van der Waals surface area contributed by atoms with E-state index in [2.05, 4.69) is 22.0 Å². The van der Waals surface area contributed by atoms with E-state index in [0.29, 0.717) is 29.7 Å². The zero-order valence-corrected chi connectivity index (χ0v) is 16.1. The van der Waals surface area contributed by atoms with E-state index in [-0.39, 0.29) is 17.6 Å². The molecule has 0 bridgehead atoms. The van der Waals surface area contributed by atoms with Gasteiger partial charge in [-0.1, -0.05) is 58.4 Å². The molecule has 134 valence electrons. The smallest absolute Gasteiger partial charge is 0.205 e. The van der Waals surface area contributed by atoms with Gasteiger partial charge < -0.3 is 10.5 Å². The molecule has 0 radical (unpaired) electrons. The van der Waals surface area contributed by atoms with Gasteiger partial charge in [-0.05, 0) is 29.2 Å². The Balaban J connectivity index is 1.78. The van der Waals surface area contributed by atoms with Gasteiger partial charge in [0, 0.05) is 22.9 Å². The van der Waals surface area contributed by atoms with Crippen molar-refractivity contribution >= 4 is 21.7 Å². The van der Waals surface area contributed by atoms with Crippen LogP contribution in [0.3, 0.4) is 0 Å². The van der Waals surface area contributed by atoms with Gasteiger partial charge >= 0.3 is 0 Å². The van der Waals surface area contributed by atoms with Crippen molar-refractivity contribution in [3.8, 4) is 6.07 Å². The van der Waals surface area contributed by atoms with Crippen molar-refractivity contribution in [2.45, 2.75) is 24.7 Å². The Labute approximate surface area is 166 Å². The molecule has 1 aliphatic carbocycles. The van der Waals surface area contributed by atoms with Crippen LogP contribution in [0.1, 0.15) is 35.8 Å². The van der Waals surface area contributed by atoms with E-state index in [4.69, 9.17) is 10.5 Å². The first-order valence-electron chi connectivity index (χ1n) is 8.72. The Morgan fingerprint density at radius 2 is 1.81 bits per heavy atom. The summed E-state index contributed by atoms with van der Waals surface area (Å²) in [5.41, 5.74) is 8.89. The number of ketones is 1. The van der Waals surface area contributed by atoms with Crippen LogP contribution in [-0.2, 0) is 9.53 Å². The number of halogens is 1. The highest BCUT2D eigenvalue weighted by Crippen LogP contribution is 2.46. The molecule has 27 heavy (non-hydrogen) atoms. The minimum atomic E-state index is -0.462. The first-order chi connectivity index (χ1) is 13.1. The van der Waals surface area contributed by atoms with E-state index >= 15 is 0 Å². The molecule has 2 aromatic rings. The van der Waals surface area contributed by atoms with Crippen LogP contribution in [0.25, 0.3) is 0 Å². The standard InChI is InChI=1S/C22H17BrN2O2/c23-16-8-4-7-14(9-16)15-10-18(26)21-19(11-15)27-22(25)17(12-24)20(21)13-5-2-1-3-6-13/h1-9,15,20H,10-11,25H2/t15-,20+/m0/s1. The average Bonchev–Trinajstić information content (AvgIpc) is 2.67. The first kappa shape index (κ1) is 17.6. The molecule has 5 heteroatoms. The largest absolute Gasteiger partial charge is 0.444 e. The highest BCUT2D eigenvalue weighted by Gasteiger charge is 2.40. The van der Waals surface area contributed by atoms with Crippen LogP contribution in [0.5, 0.6) is 0 Å². The van der Waals surface area contributed by atoms with E-state index in [1.807, 2.05) is 54.6 Å². The SMILES string of the molecule is N#CC1=C(N)OC2=C(C(=O)C[C@H](c3cccc(Br)c3)C2)[C@@H]1c1ccccc1. The molecule has 1 heterocycles. The third kappa shape index (κ3) is 3.17. The van der Waals surface area contributed by atoms with E-state index in [0.717, 1.165) is 15.6 Å². The Morgan fingerprint density at radius 1 is 1.07 bits per heavy atom. The van der Waals surface area contributed by atoms with E-state index in [1.54, 1.807) is 0 Å². The summed E-state index contributed by atoms with van der Waals surface area (Å²) in [6.45, 7) is 0. The van der Waals surface area contributed by atoms with Crippen molar-refractivity contribution in [1.82, 2.24) is 0 Å². The number of nitriles is 1. The van der Waals surface area contributed by atoms with Gasteiger partial charge in [0.15, 0.2) is 5.78 Å². The number of hydrogen-bond acceptors (Lipinski definition) is 4. The van der Waals surface area contributed by atoms with Crippen molar-refractivity contribution in [3.63, 3.8) is 0 Å². The number of nitrogens with zero attached hydrogens (tertiary/aromatic N) is 1. The fourth-order valence-corrected chi connectivity index (χ4v) is 4.30. The van der Waals surface area contributed by atoms with Crippen molar-refractivity contribution < 1.29 is 9.53 Å². The molecular weight excluding hydrogens is 404 g/mol. The van der Waals surface area contributed by atoms with E-state index in [9.17, 15) is 10.1 Å². The van der Waals surface area contributed by atoms with Crippen LogP contribution in [-0.4, -0.2) is 5.78 Å². The minimum absolute atomic E-state index is 0.00956. The Morgan fingerprint density at radius 3 is 2.52 bits per heavy atom. The van der Waals surface area contributed by atoms with Gasteiger partial charge in [-0.25, -0.2) is 0 Å². The lowest BCUT2D eigenvalue weighted by Gasteiger charge is -2.34. The number of benzene rings is 2. The zero-order chi connectivity index (χ0) is 19.0. The number of Topliss-reactive ketones (excluding diaryl/α,β-unsaturated/α-hetero) is 1. The average molecular weight is 421 g/mol. The summed E-state index contributed by atoms with van der Waals surface area (Å²) in [4.78, 5) is 13.1. The number of rotatable bonds is 2. The number of hydrogen-bond donors (Lipinski definition) is 1. The fraction of sp³-hybridized carbons (Fsp3) is 0.182. The van der Waals surface area contributed by atoms with Gasteiger partial charge in [0.1, 0.15) is 17.4 Å².